The molecule has 3 heterocycles. The molecule has 0 aliphatic carbocycles. The first-order chi connectivity index (χ1) is 19.1. The molecule has 202 valence electrons. The van der Waals surface area contributed by atoms with Crippen LogP contribution in [0.1, 0.15) is 36.6 Å². The molecule has 2 aromatic heterocycles. The van der Waals surface area contributed by atoms with Crippen LogP contribution < -0.4 is 9.47 Å². The van der Waals surface area contributed by atoms with Crippen LogP contribution in [-0.4, -0.2) is 32.0 Å². The van der Waals surface area contributed by atoms with Crippen LogP contribution in [0.3, 0.4) is 0 Å². The van der Waals surface area contributed by atoms with Crippen molar-refractivity contribution in [1.82, 2.24) is 19.4 Å². The van der Waals surface area contributed by atoms with Crippen molar-refractivity contribution in [3.05, 3.63) is 102 Å². The molecule has 0 N–H and O–H groups in total. The van der Waals surface area contributed by atoms with E-state index in [0.717, 1.165) is 64.3 Å². The van der Waals surface area contributed by atoms with Gasteiger partial charge >= 0.3 is 0 Å². The van der Waals surface area contributed by atoms with Gasteiger partial charge in [0.15, 0.2) is 11.5 Å². The Morgan fingerprint density at radius 2 is 1.90 bits per heavy atom. The number of halogens is 1. The van der Waals surface area contributed by atoms with E-state index < -0.39 is 0 Å². The Morgan fingerprint density at radius 1 is 1.05 bits per heavy atom. The van der Waals surface area contributed by atoms with E-state index in [1.807, 2.05) is 30.6 Å². The van der Waals surface area contributed by atoms with Crippen molar-refractivity contribution in [3.8, 4) is 22.9 Å². The van der Waals surface area contributed by atoms with Gasteiger partial charge in [-0.3, -0.25) is 4.90 Å². The van der Waals surface area contributed by atoms with Gasteiger partial charge in [-0.15, -0.1) is 18.3 Å². The fourth-order valence-corrected chi connectivity index (χ4v) is 5.41. The number of pyridine rings is 1. The molecule has 0 unspecified atom stereocenters. The summed E-state index contributed by atoms with van der Waals surface area (Å²) in [5.41, 5.74) is 4.34. The molecular weight excluding hydrogens is 511 g/mol. The van der Waals surface area contributed by atoms with Crippen LogP contribution in [0.25, 0.3) is 11.4 Å². The number of fused-ring (bicyclic) bond motifs is 1. The predicted octanol–water partition coefficient (Wildman–Crippen LogP) is 7.09. The predicted molar refractivity (Wildman–Crippen MR) is 153 cm³/mol. The zero-order valence-corrected chi connectivity index (χ0v) is 23.0. The number of thioether (sulfide) groups is 1. The van der Waals surface area contributed by atoms with Gasteiger partial charge < -0.3 is 14.0 Å². The highest BCUT2D eigenvalue weighted by Gasteiger charge is 2.19. The normalized spacial score (nSPS) is 12.3. The molecule has 1 aliphatic rings. The van der Waals surface area contributed by atoms with Crippen molar-refractivity contribution >= 4 is 11.8 Å². The van der Waals surface area contributed by atoms with Gasteiger partial charge in [0.05, 0.1) is 11.9 Å². The number of imidazole rings is 1. The zero-order chi connectivity index (χ0) is 27.0. The van der Waals surface area contributed by atoms with Gasteiger partial charge in [0, 0.05) is 43.7 Å². The van der Waals surface area contributed by atoms with E-state index in [4.69, 9.17) is 14.5 Å². The van der Waals surface area contributed by atoms with Crippen LogP contribution >= 0.6 is 11.8 Å². The minimum absolute atomic E-state index is 0.248. The molecule has 4 aromatic rings. The van der Waals surface area contributed by atoms with Crippen molar-refractivity contribution < 1.29 is 13.9 Å². The smallest absolute Gasteiger partial charge is 0.231 e. The number of hydrogen-bond donors (Lipinski definition) is 0. The first kappa shape index (κ1) is 27.0. The third-order valence-corrected chi connectivity index (χ3v) is 7.63. The molecule has 0 spiro atoms. The summed E-state index contributed by atoms with van der Waals surface area (Å²) in [6.45, 7) is 9.26. The van der Waals surface area contributed by atoms with Gasteiger partial charge in [0.1, 0.15) is 16.7 Å². The maximum atomic E-state index is 13.6. The Morgan fingerprint density at radius 3 is 2.72 bits per heavy atom. The number of benzene rings is 2. The molecule has 2 aromatic carbocycles. The highest BCUT2D eigenvalue weighted by atomic mass is 32.2. The van der Waals surface area contributed by atoms with Crippen LogP contribution in [0.5, 0.6) is 11.5 Å². The van der Waals surface area contributed by atoms with Crippen molar-refractivity contribution in [3.63, 3.8) is 0 Å². The minimum atomic E-state index is -0.248. The quantitative estimate of drug-likeness (QED) is 0.132. The van der Waals surface area contributed by atoms with Crippen LogP contribution in [0.4, 0.5) is 4.39 Å². The molecule has 0 fully saturated rings. The maximum absolute atomic E-state index is 13.6. The lowest BCUT2D eigenvalue weighted by Gasteiger charge is -2.24. The molecule has 0 saturated carbocycles. The molecule has 1 aliphatic heterocycles. The van der Waals surface area contributed by atoms with Gasteiger partial charge in [-0.1, -0.05) is 31.6 Å². The Bertz CT molecular complexity index is 1410. The molecule has 6 nitrogen and oxygen atoms in total. The van der Waals surface area contributed by atoms with E-state index in [-0.39, 0.29) is 12.6 Å². The van der Waals surface area contributed by atoms with E-state index in [1.165, 1.54) is 17.7 Å². The molecule has 8 heteroatoms. The molecule has 0 bridgehead atoms. The summed E-state index contributed by atoms with van der Waals surface area (Å²) in [7, 11) is 0. The van der Waals surface area contributed by atoms with E-state index in [0.29, 0.717) is 19.6 Å². The molecule has 0 amide bonds. The summed E-state index contributed by atoms with van der Waals surface area (Å²) in [4.78, 5) is 11.8. The summed E-state index contributed by atoms with van der Waals surface area (Å²) in [6, 6.07) is 16.8. The maximum Gasteiger partial charge on any atom is 0.231 e. The highest BCUT2D eigenvalue weighted by Crippen LogP contribution is 2.33. The second-order valence-electron chi connectivity index (χ2n) is 9.49. The fraction of sp³-hybridized carbons (Fsp3) is 0.290. The average molecular weight is 545 g/mol. The fourth-order valence-electron chi connectivity index (χ4n) is 4.68. The van der Waals surface area contributed by atoms with E-state index in [9.17, 15) is 4.39 Å². The second kappa shape index (κ2) is 13.0. The molecule has 0 atom stereocenters. The number of ether oxygens (including phenoxy) is 2. The minimum Gasteiger partial charge on any atom is -0.454 e. The van der Waals surface area contributed by atoms with Gasteiger partial charge in [-0.25, -0.2) is 14.4 Å². The Labute approximate surface area is 233 Å². The largest absolute Gasteiger partial charge is 0.454 e. The molecule has 0 radical (unpaired) electrons. The van der Waals surface area contributed by atoms with Gasteiger partial charge in [0.2, 0.25) is 6.79 Å². The number of rotatable bonds is 13. The lowest BCUT2D eigenvalue weighted by atomic mass is 10.1. The van der Waals surface area contributed by atoms with Crippen LogP contribution in [0.15, 0.2) is 84.7 Å². The lowest BCUT2D eigenvalue weighted by Crippen LogP contribution is -2.24. The molecule has 39 heavy (non-hydrogen) atoms. The summed E-state index contributed by atoms with van der Waals surface area (Å²) < 4.78 is 27.1. The van der Waals surface area contributed by atoms with Gasteiger partial charge in [0.25, 0.3) is 0 Å². The number of aromatic nitrogens is 3. The highest BCUT2D eigenvalue weighted by molar-refractivity contribution is 7.99. The summed E-state index contributed by atoms with van der Waals surface area (Å²) in [5, 5.41) is 1.01. The Kier molecular flexibility index (Phi) is 8.96. The number of hydrogen-bond acceptors (Lipinski definition) is 6. The SMILES string of the molecule is C=CCSc1ncccc1CN(Cc1ccc2c(c1)OCO2)Cc1cnc(-c2ccc(F)cc2)n1CCCC. The Hall–Kier alpha value is -3.62. The first-order valence-corrected chi connectivity index (χ1v) is 14.2. The van der Waals surface area contributed by atoms with Gasteiger partial charge in [-0.2, -0.15) is 0 Å². The third-order valence-electron chi connectivity index (χ3n) is 6.59. The first-order valence-electron chi connectivity index (χ1n) is 13.2. The average Bonchev–Trinajstić information content (AvgIpc) is 3.58. The van der Waals surface area contributed by atoms with Crippen LogP contribution in [-0.2, 0) is 26.2 Å². The van der Waals surface area contributed by atoms with E-state index in [1.54, 1.807) is 23.9 Å². The van der Waals surface area contributed by atoms with E-state index >= 15 is 0 Å². The third kappa shape index (κ3) is 6.69. The lowest BCUT2D eigenvalue weighted by molar-refractivity contribution is 0.174. The van der Waals surface area contributed by atoms with E-state index in [2.05, 4.69) is 46.2 Å². The summed E-state index contributed by atoms with van der Waals surface area (Å²) in [6.07, 6.45) is 7.80. The van der Waals surface area contributed by atoms with Crippen molar-refractivity contribution in [2.75, 3.05) is 12.5 Å². The van der Waals surface area contributed by atoms with Crippen molar-refractivity contribution in [2.45, 2.75) is 51.0 Å². The zero-order valence-electron chi connectivity index (χ0n) is 22.2. The van der Waals surface area contributed by atoms with Gasteiger partial charge in [-0.05, 0) is 60.0 Å². The monoisotopic (exact) mass is 544 g/mol. The topological polar surface area (TPSA) is 52.4 Å². The number of unbranched alkanes of at least 4 members (excludes halogenated alkanes) is 1. The molecular formula is C31H33FN4O2S. The van der Waals surface area contributed by atoms with Crippen molar-refractivity contribution in [1.29, 1.82) is 0 Å². The summed E-state index contributed by atoms with van der Waals surface area (Å²) in [5.74, 6) is 2.98. The second-order valence-corrected chi connectivity index (χ2v) is 10.5. The van der Waals surface area contributed by atoms with Crippen LogP contribution in [0, 0.1) is 5.82 Å². The number of nitrogens with zero attached hydrogens (tertiary/aromatic N) is 4. The molecule has 0 saturated heterocycles. The summed E-state index contributed by atoms with van der Waals surface area (Å²) >= 11 is 1.69. The Balaban J connectivity index is 1.47. The molecule has 5 rings (SSSR count). The van der Waals surface area contributed by atoms with Crippen molar-refractivity contribution in [2.24, 2.45) is 0 Å². The van der Waals surface area contributed by atoms with Crippen LogP contribution in [0.2, 0.25) is 0 Å². The standard InChI is InChI=1S/C31H33FN4O2S/c1-3-5-15-36-27(18-34-30(36)24-9-11-26(32)12-10-24)21-35(19-23-8-13-28-29(17-23)38-22-37-28)20-25-7-6-14-33-31(25)39-16-4-2/h4,6-14,17-18H,2-3,5,15-16,19-22H2,1H3.